The van der Waals surface area contributed by atoms with Gasteiger partial charge in [0, 0.05) is 5.92 Å². The number of aliphatic carboxylic acids is 1. The second-order valence-corrected chi connectivity index (χ2v) is 8.50. The fraction of sp³-hybridized carbons (Fsp3) is 0.273. The van der Waals surface area contributed by atoms with Gasteiger partial charge >= 0.3 is 5.97 Å². The lowest BCUT2D eigenvalue weighted by Gasteiger charge is -2.22. The Morgan fingerprint density at radius 2 is 1.93 bits per heavy atom. The number of rotatable bonds is 6. The minimum absolute atomic E-state index is 0.0601. The van der Waals surface area contributed by atoms with Crippen LogP contribution in [0.1, 0.15) is 25.3 Å². The largest absolute Gasteiger partial charge is 0.481 e. The highest BCUT2D eigenvalue weighted by molar-refractivity contribution is 6.55. The van der Waals surface area contributed by atoms with E-state index in [1.54, 1.807) is 44.2 Å². The van der Waals surface area contributed by atoms with E-state index < -0.39 is 34.5 Å². The SMILES string of the molecule is CC1(C)C(C=C(Cl)Cl)[C@]1(C(=O)O)[C@H](C#N)c1ccc(F)c(Oc2ccccc2)c1. The number of carbonyl (C=O) groups is 1. The lowest BCUT2D eigenvalue weighted by Crippen LogP contribution is -2.28. The number of benzene rings is 2. The van der Waals surface area contributed by atoms with Gasteiger partial charge in [0.25, 0.3) is 0 Å². The molecule has 1 saturated carbocycles. The lowest BCUT2D eigenvalue weighted by molar-refractivity contribution is -0.145. The van der Waals surface area contributed by atoms with Gasteiger partial charge in [-0.3, -0.25) is 4.79 Å². The van der Waals surface area contributed by atoms with Crippen LogP contribution in [-0.4, -0.2) is 11.1 Å². The maximum atomic E-state index is 14.3. The molecule has 3 atom stereocenters. The van der Waals surface area contributed by atoms with E-state index in [2.05, 4.69) is 6.07 Å². The summed E-state index contributed by atoms with van der Waals surface area (Å²) in [6.45, 7) is 3.49. The summed E-state index contributed by atoms with van der Waals surface area (Å²) in [6, 6.07) is 14.7. The Morgan fingerprint density at radius 3 is 2.48 bits per heavy atom. The first-order chi connectivity index (χ1) is 13.7. The van der Waals surface area contributed by atoms with E-state index in [9.17, 15) is 19.6 Å². The van der Waals surface area contributed by atoms with Crippen LogP contribution >= 0.6 is 23.2 Å². The van der Waals surface area contributed by atoms with Crippen LogP contribution in [0.3, 0.4) is 0 Å². The Balaban J connectivity index is 2.06. The molecular weight excluding hydrogens is 416 g/mol. The van der Waals surface area contributed by atoms with Gasteiger partial charge in [-0.05, 0) is 41.3 Å². The summed E-state index contributed by atoms with van der Waals surface area (Å²) in [6.07, 6.45) is 1.45. The summed E-state index contributed by atoms with van der Waals surface area (Å²) in [7, 11) is 0. The van der Waals surface area contributed by atoms with Crippen LogP contribution in [-0.2, 0) is 4.79 Å². The third kappa shape index (κ3) is 3.48. The molecule has 1 aliphatic carbocycles. The Kier molecular flexibility index (Phi) is 5.62. The third-order valence-electron chi connectivity index (χ3n) is 5.74. The van der Waals surface area contributed by atoms with E-state index in [1.807, 2.05) is 0 Å². The Bertz CT molecular complexity index is 1010. The topological polar surface area (TPSA) is 70.3 Å². The zero-order valence-electron chi connectivity index (χ0n) is 15.7. The van der Waals surface area contributed by atoms with Crippen molar-refractivity contribution in [3.63, 3.8) is 0 Å². The van der Waals surface area contributed by atoms with Gasteiger partial charge < -0.3 is 9.84 Å². The van der Waals surface area contributed by atoms with Crippen LogP contribution in [0.5, 0.6) is 11.5 Å². The number of carboxylic acid groups (broad SMARTS) is 1. The van der Waals surface area contributed by atoms with E-state index in [0.29, 0.717) is 11.3 Å². The average Bonchev–Trinajstić information content (AvgIpc) is 3.14. The number of hydrogen-bond donors (Lipinski definition) is 1. The van der Waals surface area contributed by atoms with Crippen molar-refractivity contribution in [1.82, 2.24) is 0 Å². The fourth-order valence-corrected chi connectivity index (χ4v) is 4.47. The van der Waals surface area contributed by atoms with Crippen molar-refractivity contribution in [3.05, 3.63) is 70.5 Å². The molecule has 0 amide bonds. The molecule has 2 aromatic carbocycles. The quantitative estimate of drug-likeness (QED) is 0.582. The van der Waals surface area contributed by atoms with Crippen LogP contribution in [0.15, 0.2) is 59.1 Å². The smallest absolute Gasteiger partial charge is 0.312 e. The molecule has 1 N–H and O–H groups in total. The van der Waals surface area contributed by atoms with Crippen LogP contribution in [0, 0.1) is 33.9 Å². The molecule has 0 saturated heterocycles. The summed E-state index contributed by atoms with van der Waals surface area (Å²) < 4.78 is 19.9. The number of carboxylic acids is 1. The van der Waals surface area contributed by atoms with E-state index in [4.69, 9.17) is 27.9 Å². The Morgan fingerprint density at radius 1 is 1.28 bits per heavy atom. The van der Waals surface area contributed by atoms with Crippen LogP contribution in [0.4, 0.5) is 4.39 Å². The summed E-state index contributed by atoms with van der Waals surface area (Å²) >= 11 is 11.6. The summed E-state index contributed by atoms with van der Waals surface area (Å²) in [5.41, 5.74) is -1.90. The van der Waals surface area contributed by atoms with E-state index in [1.165, 1.54) is 24.3 Å². The average molecular weight is 434 g/mol. The number of hydrogen-bond acceptors (Lipinski definition) is 3. The Hall–Kier alpha value is -2.55. The summed E-state index contributed by atoms with van der Waals surface area (Å²) in [5, 5.41) is 20.0. The van der Waals surface area contributed by atoms with Gasteiger partial charge in [-0.15, -0.1) is 0 Å². The second kappa shape index (κ2) is 7.70. The maximum absolute atomic E-state index is 14.3. The zero-order chi connectivity index (χ0) is 21.4. The molecule has 3 rings (SSSR count). The van der Waals surface area contributed by atoms with Gasteiger partial charge in [0.15, 0.2) is 11.6 Å². The van der Waals surface area contributed by atoms with Gasteiger partial charge in [0.2, 0.25) is 0 Å². The molecule has 7 heteroatoms. The first-order valence-corrected chi connectivity index (χ1v) is 9.60. The molecule has 0 bridgehead atoms. The van der Waals surface area contributed by atoms with Gasteiger partial charge in [0.1, 0.15) is 15.7 Å². The maximum Gasteiger partial charge on any atom is 0.312 e. The molecule has 29 heavy (non-hydrogen) atoms. The van der Waals surface area contributed by atoms with E-state index in [0.717, 1.165) is 0 Å². The minimum atomic E-state index is -1.46. The second-order valence-electron chi connectivity index (χ2n) is 7.50. The van der Waals surface area contributed by atoms with Crippen molar-refractivity contribution in [3.8, 4) is 17.6 Å². The van der Waals surface area contributed by atoms with Crippen molar-refractivity contribution in [1.29, 1.82) is 5.26 Å². The number of halogens is 3. The van der Waals surface area contributed by atoms with Crippen molar-refractivity contribution >= 4 is 29.2 Å². The Labute approximate surface area is 178 Å². The number of allylic oxidation sites excluding steroid dienone is 1. The predicted molar refractivity (Wildman–Crippen MR) is 108 cm³/mol. The monoisotopic (exact) mass is 433 g/mol. The first-order valence-electron chi connectivity index (χ1n) is 8.84. The van der Waals surface area contributed by atoms with E-state index >= 15 is 0 Å². The number of ether oxygens (including phenoxy) is 1. The highest BCUT2D eigenvalue weighted by Gasteiger charge is 2.78. The van der Waals surface area contributed by atoms with Gasteiger partial charge in [-0.1, -0.05) is 61.3 Å². The predicted octanol–water partition coefficient (Wildman–Crippen LogP) is 6.27. The van der Waals surface area contributed by atoms with Crippen molar-refractivity contribution in [2.75, 3.05) is 0 Å². The molecule has 0 aliphatic heterocycles. The van der Waals surface area contributed by atoms with Gasteiger partial charge in [0.05, 0.1) is 12.0 Å². The zero-order valence-corrected chi connectivity index (χ0v) is 17.2. The standard InChI is InChI=1S/C22H18Cl2FNO3/c1-21(2)18(11-19(23)24)22(21,20(27)28)15(12-26)13-8-9-16(25)17(10-13)29-14-6-4-3-5-7-14/h3-11,15,18H,1-2H3,(H,27,28)/t15-,18?,22+/m1/s1. The molecule has 4 nitrogen and oxygen atoms in total. The highest BCUT2D eigenvalue weighted by atomic mass is 35.5. The molecular formula is C22H18Cl2FNO3. The molecule has 150 valence electrons. The number of nitrogens with zero attached hydrogens (tertiary/aromatic N) is 1. The minimum Gasteiger partial charge on any atom is -0.481 e. The molecule has 0 heterocycles. The van der Waals surface area contributed by atoms with Crippen molar-refractivity contribution < 1.29 is 19.0 Å². The van der Waals surface area contributed by atoms with Crippen molar-refractivity contribution in [2.24, 2.45) is 16.7 Å². The summed E-state index contributed by atoms with van der Waals surface area (Å²) in [4.78, 5) is 12.3. The molecule has 0 aromatic heterocycles. The highest BCUT2D eigenvalue weighted by Crippen LogP contribution is 2.75. The molecule has 0 spiro atoms. The molecule has 1 fully saturated rings. The van der Waals surface area contributed by atoms with Crippen LogP contribution < -0.4 is 4.74 Å². The van der Waals surface area contributed by atoms with Crippen LogP contribution in [0.25, 0.3) is 0 Å². The van der Waals surface area contributed by atoms with Gasteiger partial charge in [-0.25, -0.2) is 4.39 Å². The normalized spacial score (nSPS) is 22.8. The van der Waals surface area contributed by atoms with Gasteiger partial charge in [-0.2, -0.15) is 5.26 Å². The van der Waals surface area contributed by atoms with Crippen molar-refractivity contribution in [2.45, 2.75) is 19.8 Å². The third-order valence-corrected chi connectivity index (χ3v) is 5.99. The fourth-order valence-electron chi connectivity index (χ4n) is 4.22. The molecule has 0 radical (unpaired) electrons. The molecule has 1 aliphatic rings. The summed E-state index contributed by atoms with van der Waals surface area (Å²) in [5.74, 6) is -3.05. The first kappa shape index (κ1) is 21.2. The molecule has 2 aromatic rings. The number of nitriles is 1. The number of para-hydroxylation sites is 1. The molecule has 1 unspecified atom stereocenters. The van der Waals surface area contributed by atoms with Crippen LogP contribution in [0.2, 0.25) is 0 Å². The lowest BCUT2D eigenvalue weighted by atomic mass is 9.78. The van der Waals surface area contributed by atoms with E-state index in [-0.39, 0.29) is 10.2 Å².